The Morgan fingerprint density at radius 1 is 1.04 bits per heavy atom. The van der Waals surface area contributed by atoms with E-state index < -0.39 is 28.3 Å². The molecule has 1 N–H and O–H groups in total. The van der Waals surface area contributed by atoms with E-state index in [9.17, 15) is 18.0 Å². The molecule has 0 fully saturated rings. The standard InChI is InChI=1S/C18H19NO5S/c1-12-7-8-15(9-13(12)2)19-17(20)11-24-18(21)14-5-4-6-16(10-14)25(3,22)23/h4-10H,11H2,1-3H3,(H,19,20). The van der Waals surface area contributed by atoms with Gasteiger partial charge in [0.1, 0.15) is 0 Å². The molecule has 0 unspecified atom stereocenters. The number of nitrogens with one attached hydrogen (secondary N) is 1. The summed E-state index contributed by atoms with van der Waals surface area (Å²) in [6.07, 6.45) is 1.05. The SMILES string of the molecule is Cc1ccc(NC(=O)COC(=O)c2cccc(S(C)(=O)=O)c2)cc1C. The summed E-state index contributed by atoms with van der Waals surface area (Å²) in [6, 6.07) is 11.0. The van der Waals surface area contributed by atoms with Gasteiger partial charge in [-0.15, -0.1) is 0 Å². The molecule has 6 nitrogen and oxygen atoms in total. The summed E-state index contributed by atoms with van der Waals surface area (Å²) in [6.45, 7) is 3.43. The molecule has 0 aliphatic rings. The minimum Gasteiger partial charge on any atom is -0.452 e. The second-order valence-electron chi connectivity index (χ2n) is 5.72. The number of amides is 1. The number of sulfone groups is 1. The number of carbonyl (C=O) groups is 2. The molecule has 7 heteroatoms. The van der Waals surface area contributed by atoms with Crippen LogP contribution in [0.15, 0.2) is 47.4 Å². The fourth-order valence-corrected chi connectivity index (χ4v) is 2.75. The molecule has 2 aromatic carbocycles. The zero-order valence-electron chi connectivity index (χ0n) is 14.2. The number of esters is 1. The third-order valence-electron chi connectivity index (χ3n) is 3.62. The average Bonchev–Trinajstić information content (AvgIpc) is 2.55. The predicted octanol–water partition coefficient (Wildman–Crippen LogP) is 2.50. The zero-order valence-corrected chi connectivity index (χ0v) is 15.0. The molecule has 0 bridgehead atoms. The second-order valence-corrected chi connectivity index (χ2v) is 7.74. The van der Waals surface area contributed by atoms with Crippen molar-refractivity contribution < 1.29 is 22.7 Å². The van der Waals surface area contributed by atoms with E-state index in [1.54, 1.807) is 6.07 Å². The van der Waals surface area contributed by atoms with E-state index in [1.807, 2.05) is 26.0 Å². The summed E-state index contributed by atoms with van der Waals surface area (Å²) >= 11 is 0. The van der Waals surface area contributed by atoms with Crippen molar-refractivity contribution in [1.29, 1.82) is 0 Å². The monoisotopic (exact) mass is 361 g/mol. The molecule has 25 heavy (non-hydrogen) atoms. The molecule has 0 aliphatic carbocycles. The van der Waals surface area contributed by atoms with Crippen molar-refractivity contribution in [3.63, 3.8) is 0 Å². The maximum absolute atomic E-state index is 12.0. The van der Waals surface area contributed by atoms with Gasteiger partial charge in [0, 0.05) is 11.9 Å². The molecular formula is C18H19NO5S. The van der Waals surface area contributed by atoms with Crippen LogP contribution in [0.2, 0.25) is 0 Å². The number of carbonyl (C=O) groups excluding carboxylic acids is 2. The van der Waals surface area contributed by atoms with Crippen molar-refractivity contribution in [2.75, 3.05) is 18.2 Å². The van der Waals surface area contributed by atoms with Gasteiger partial charge in [0.05, 0.1) is 10.5 Å². The number of anilines is 1. The average molecular weight is 361 g/mol. The number of ether oxygens (including phenoxy) is 1. The van der Waals surface area contributed by atoms with Crippen molar-refractivity contribution >= 4 is 27.4 Å². The third kappa shape index (κ3) is 5.15. The summed E-state index contributed by atoms with van der Waals surface area (Å²) < 4.78 is 28.0. The van der Waals surface area contributed by atoms with Gasteiger partial charge in [-0.2, -0.15) is 0 Å². The predicted molar refractivity (Wildman–Crippen MR) is 94.4 cm³/mol. The van der Waals surface area contributed by atoms with Gasteiger partial charge in [-0.3, -0.25) is 4.79 Å². The van der Waals surface area contributed by atoms with Gasteiger partial charge < -0.3 is 10.1 Å². The van der Waals surface area contributed by atoms with E-state index >= 15 is 0 Å². The third-order valence-corrected chi connectivity index (χ3v) is 4.73. The lowest BCUT2D eigenvalue weighted by atomic mass is 10.1. The van der Waals surface area contributed by atoms with Crippen LogP contribution in [0.25, 0.3) is 0 Å². The molecule has 0 heterocycles. The molecule has 132 valence electrons. The molecule has 0 saturated carbocycles. The molecule has 2 rings (SSSR count). The minimum absolute atomic E-state index is 0.0153. The maximum Gasteiger partial charge on any atom is 0.338 e. The molecule has 0 atom stereocenters. The Balaban J connectivity index is 1.97. The van der Waals surface area contributed by atoms with E-state index in [2.05, 4.69) is 5.32 Å². The topological polar surface area (TPSA) is 89.5 Å². The first-order chi connectivity index (χ1) is 11.7. The Hall–Kier alpha value is -2.67. The number of benzene rings is 2. The highest BCUT2D eigenvalue weighted by atomic mass is 32.2. The molecule has 0 radical (unpaired) electrons. The van der Waals surface area contributed by atoms with Crippen LogP contribution in [0.3, 0.4) is 0 Å². The van der Waals surface area contributed by atoms with Crippen LogP contribution in [-0.2, 0) is 19.4 Å². The molecule has 1 amide bonds. The fourth-order valence-electron chi connectivity index (χ4n) is 2.08. The van der Waals surface area contributed by atoms with Gasteiger partial charge >= 0.3 is 5.97 Å². The van der Waals surface area contributed by atoms with Gasteiger partial charge in [-0.1, -0.05) is 12.1 Å². The summed E-state index contributed by atoms with van der Waals surface area (Å²) in [5.41, 5.74) is 2.83. The Morgan fingerprint density at radius 2 is 1.76 bits per heavy atom. The first-order valence-electron chi connectivity index (χ1n) is 7.51. The Bertz CT molecular complexity index is 919. The highest BCUT2D eigenvalue weighted by molar-refractivity contribution is 7.90. The van der Waals surface area contributed by atoms with Crippen molar-refractivity contribution in [1.82, 2.24) is 0 Å². The minimum atomic E-state index is -3.43. The van der Waals surface area contributed by atoms with Crippen molar-refractivity contribution in [2.45, 2.75) is 18.7 Å². The van der Waals surface area contributed by atoms with E-state index in [-0.39, 0.29) is 10.5 Å². The van der Waals surface area contributed by atoms with Crippen molar-refractivity contribution in [3.05, 3.63) is 59.2 Å². The highest BCUT2D eigenvalue weighted by Gasteiger charge is 2.14. The van der Waals surface area contributed by atoms with Gasteiger partial charge in [0.25, 0.3) is 5.91 Å². The van der Waals surface area contributed by atoms with Gasteiger partial charge in [0.15, 0.2) is 16.4 Å². The summed E-state index contributed by atoms with van der Waals surface area (Å²) in [5.74, 6) is -1.24. The Kier molecular flexibility index (Phi) is 5.58. The Labute approximate surface area is 146 Å². The molecule has 2 aromatic rings. The van der Waals surface area contributed by atoms with Crippen LogP contribution >= 0.6 is 0 Å². The van der Waals surface area contributed by atoms with Crippen molar-refractivity contribution in [3.8, 4) is 0 Å². The van der Waals surface area contributed by atoms with Gasteiger partial charge in [-0.25, -0.2) is 13.2 Å². The van der Waals surface area contributed by atoms with Crippen LogP contribution in [0, 0.1) is 13.8 Å². The number of aryl methyl sites for hydroxylation is 2. The van der Waals surface area contributed by atoms with Crippen LogP contribution in [0.4, 0.5) is 5.69 Å². The fraction of sp³-hybridized carbons (Fsp3) is 0.222. The Morgan fingerprint density at radius 3 is 2.40 bits per heavy atom. The van der Waals surface area contributed by atoms with Crippen molar-refractivity contribution in [2.24, 2.45) is 0 Å². The first kappa shape index (κ1) is 18.7. The van der Waals surface area contributed by atoms with Crippen LogP contribution in [0.5, 0.6) is 0 Å². The van der Waals surface area contributed by atoms with E-state index in [0.29, 0.717) is 5.69 Å². The van der Waals surface area contributed by atoms with Gasteiger partial charge in [-0.05, 0) is 55.3 Å². The maximum atomic E-state index is 12.0. The smallest absolute Gasteiger partial charge is 0.338 e. The number of rotatable bonds is 5. The van der Waals surface area contributed by atoms with E-state index in [0.717, 1.165) is 17.4 Å². The quantitative estimate of drug-likeness (QED) is 0.827. The van der Waals surface area contributed by atoms with Gasteiger partial charge in [0.2, 0.25) is 0 Å². The lowest BCUT2D eigenvalue weighted by Gasteiger charge is -2.09. The molecule has 0 aromatic heterocycles. The first-order valence-corrected chi connectivity index (χ1v) is 9.40. The lowest BCUT2D eigenvalue weighted by Crippen LogP contribution is -2.21. The summed E-state index contributed by atoms with van der Waals surface area (Å²) in [5, 5.41) is 2.64. The molecule has 0 saturated heterocycles. The zero-order chi connectivity index (χ0) is 18.6. The van der Waals surface area contributed by atoms with Crippen LogP contribution in [0.1, 0.15) is 21.5 Å². The van der Waals surface area contributed by atoms with Crippen LogP contribution < -0.4 is 5.32 Å². The highest BCUT2D eigenvalue weighted by Crippen LogP contribution is 2.14. The largest absolute Gasteiger partial charge is 0.452 e. The molecule has 0 spiro atoms. The molecule has 0 aliphatic heterocycles. The number of hydrogen-bond donors (Lipinski definition) is 1. The van der Waals surface area contributed by atoms with E-state index in [1.165, 1.54) is 24.3 Å². The second kappa shape index (κ2) is 7.48. The molecular weight excluding hydrogens is 342 g/mol. The summed E-state index contributed by atoms with van der Waals surface area (Å²) in [4.78, 5) is 23.9. The lowest BCUT2D eigenvalue weighted by molar-refractivity contribution is -0.119. The number of hydrogen-bond acceptors (Lipinski definition) is 5. The van der Waals surface area contributed by atoms with Crippen LogP contribution in [-0.4, -0.2) is 33.2 Å². The normalized spacial score (nSPS) is 11.0. The summed E-state index contributed by atoms with van der Waals surface area (Å²) in [7, 11) is -3.43. The van der Waals surface area contributed by atoms with E-state index in [4.69, 9.17) is 4.74 Å².